The van der Waals surface area contributed by atoms with Gasteiger partial charge < -0.3 is 9.31 Å². The van der Waals surface area contributed by atoms with Crippen molar-refractivity contribution in [3.05, 3.63) is 40.6 Å². The normalized spacial score (nSPS) is 20.3. The average molecular weight is 322 g/mol. The number of hydrogen-bond acceptors (Lipinski definition) is 4. The van der Waals surface area contributed by atoms with Crippen molar-refractivity contribution in [2.45, 2.75) is 38.9 Å². The summed E-state index contributed by atoms with van der Waals surface area (Å²) in [6.07, 6.45) is 2.41. The number of aldehydes is 1. The maximum atomic E-state index is 13.4. The molecule has 0 unspecified atom stereocenters. The lowest BCUT2D eigenvalue weighted by Gasteiger charge is -2.32. The van der Waals surface area contributed by atoms with E-state index in [9.17, 15) is 9.18 Å². The molecule has 1 aliphatic heterocycles. The number of halogens is 1. The van der Waals surface area contributed by atoms with Crippen molar-refractivity contribution in [2.24, 2.45) is 0 Å². The molecule has 1 saturated heterocycles. The zero-order chi connectivity index (χ0) is 16.5. The van der Waals surface area contributed by atoms with E-state index in [2.05, 4.69) is 12.6 Å². The first-order valence-corrected chi connectivity index (χ1v) is 7.75. The molecule has 0 spiro atoms. The molecule has 0 N–H and O–H groups in total. The van der Waals surface area contributed by atoms with Gasteiger partial charge in [-0.2, -0.15) is 12.6 Å². The van der Waals surface area contributed by atoms with Crippen molar-refractivity contribution in [1.82, 2.24) is 0 Å². The number of thiol groups is 1. The van der Waals surface area contributed by atoms with Crippen molar-refractivity contribution in [3.8, 4) is 0 Å². The van der Waals surface area contributed by atoms with Crippen molar-refractivity contribution in [3.63, 3.8) is 0 Å². The van der Waals surface area contributed by atoms with Gasteiger partial charge in [0.15, 0.2) is 6.29 Å². The fourth-order valence-corrected chi connectivity index (χ4v) is 2.40. The second-order valence-corrected chi connectivity index (χ2v) is 6.67. The monoisotopic (exact) mass is 322 g/mol. The Hall–Kier alpha value is -1.11. The van der Waals surface area contributed by atoms with E-state index in [0.29, 0.717) is 23.2 Å². The van der Waals surface area contributed by atoms with Crippen LogP contribution in [-0.2, 0) is 9.31 Å². The Balaban J connectivity index is 2.38. The van der Waals surface area contributed by atoms with Crippen LogP contribution >= 0.6 is 12.6 Å². The van der Waals surface area contributed by atoms with E-state index in [4.69, 9.17) is 9.31 Å². The van der Waals surface area contributed by atoms with Crippen molar-refractivity contribution >= 4 is 32.1 Å². The SMILES string of the molecule is CC1(C)OB(C(=Cc2cc(F)ccc2C=O)CS)OC1(C)C. The van der Waals surface area contributed by atoms with Crippen molar-refractivity contribution < 1.29 is 18.5 Å². The van der Waals surface area contributed by atoms with Gasteiger partial charge in [-0.25, -0.2) is 4.39 Å². The molecule has 3 nitrogen and oxygen atoms in total. The molecule has 6 heteroatoms. The molecule has 1 heterocycles. The van der Waals surface area contributed by atoms with Gasteiger partial charge >= 0.3 is 7.12 Å². The third-order valence-corrected chi connectivity index (χ3v) is 4.62. The fourth-order valence-electron chi connectivity index (χ4n) is 2.16. The summed E-state index contributed by atoms with van der Waals surface area (Å²) >= 11 is 4.31. The predicted molar refractivity (Wildman–Crippen MR) is 89.7 cm³/mol. The first kappa shape index (κ1) is 17.3. The average Bonchev–Trinajstić information content (AvgIpc) is 2.64. The largest absolute Gasteiger partial charge is 0.491 e. The van der Waals surface area contributed by atoms with Crippen LogP contribution in [0.3, 0.4) is 0 Å². The lowest BCUT2D eigenvalue weighted by Crippen LogP contribution is -2.41. The lowest BCUT2D eigenvalue weighted by atomic mass is 9.78. The Morgan fingerprint density at radius 3 is 2.32 bits per heavy atom. The van der Waals surface area contributed by atoms with Gasteiger partial charge in [0, 0.05) is 11.3 Å². The van der Waals surface area contributed by atoms with Crippen LogP contribution in [-0.4, -0.2) is 30.4 Å². The van der Waals surface area contributed by atoms with Gasteiger partial charge in [-0.3, -0.25) is 4.79 Å². The molecule has 118 valence electrons. The number of rotatable bonds is 4. The minimum absolute atomic E-state index is 0.381. The summed E-state index contributed by atoms with van der Waals surface area (Å²) in [6, 6.07) is 4.03. The molecule has 1 aliphatic rings. The zero-order valence-electron chi connectivity index (χ0n) is 13.2. The molecular weight excluding hydrogens is 302 g/mol. The van der Waals surface area contributed by atoms with E-state index in [1.165, 1.54) is 18.2 Å². The van der Waals surface area contributed by atoms with Crippen molar-refractivity contribution in [2.75, 3.05) is 5.75 Å². The Morgan fingerprint density at radius 1 is 1.23 bits per heavy atom. The van der Waals surface area contributed by atoms with Crippen LogP contribution in [0.25, 0.3) is 6.08 Å². The molecule has 2 rings (SSSR count). The first-order valence-electron chi connectivity index (χ1n) is 7.12. The van der Waals surface area contributed by atoms with Crippen molar-refractivity contribution in [1.29, 1.82) is 0 Å². The smallest absolute Gasteiger partial charge is 0.400 e. The van der Waals surface area contributed by atoms with E-state index in [1.807, 2.05) is 27.7 Å². The standard InChI is InChI=1S/C16H20BFO3S/c1-15(2)16(3,4)21-17(20-15)13(10-22)7-12-8-14(18)6-5-11(12)9-19/h5-9,22H,10H2,1-4H3. The Morgan fingerprint density at radius 2 is 1.82 bits per heavy atom. The molecule has 0 amide bonds. The highest BCUT2D eigenvalue weighted by molar-refractivity contribution is 7.80. The van der Waals surface area contributed by atoms with Crippen LogP contribution in [0.5, 0.6) is 0 Å². The van der Waals surface area contributed by atoms with Crippen LogP contribution in [0.1, 0.15) is 43.6 Å². The summed E-state index contributed by atoms with van der Waals surface area (Å²) in [4.78, 5) is 11.1. The number of benzene rings is 1. The first-order chi connectivity index (χ1) is 10.2. The zero-order valence-corrected chi connectivity index (χ0v) is 14.1. The Bertz CT molecular complexity index is 597. The summed E-state index contributed by atoms with van der Waals surface area (Å²) in [6.45, 7) is 7.84. The summed E-state index contributed by atoms with van der Waals surface area (Å²) in [5, 5.41) is 0. The summed E-state index contributed by atoms with van der Waals surface area (Å²) < 4.78 is 25.4. The second kappa shape index (κ2) is 6.18. The lowest BCUT2D eigenvalue weighted by molar-refractivity contribution is 0.00578. The number of carbonyl (C=O) groups is 1. The molecule has 0 radical (unpaired) electrons. The van der Waals surface area contributed by atoms with E-state index in [0.717, 1.165) is 5.47 Å². The van der Waals surface area contributed by atoms with Gasteiger partial charge in [0.05, 0.1) is 11.2 Å². The van der Waals surface area contributed by atoms with Crippen LogP contribution < -0.4 is 0 Å². The molecule has 22 heavy (non-hydrogen) atoms. The highest BCUT2D eigenvalue weighted by Crippen LogP contribution is 2.39. The second-order valence-electron chi connectivity index (χ2n) is 6.36. The van der Waals surface area contributed by atoms with E-state index >= 15 is 0 Å². The topological polar surface area (TPSA) is 35.5 Å². The van der Waals surface area contributed by atoms with E-state index < -0.39 is 24.1 Å². The Labute approximate surface area is 136 Å². The maximum absolute atomic E-state index is 13.4. The van der Waals surface area contributed by atoms with Gasteiger partial charge in [0.2, 0.25) is 0 Å². The highest BCUT2D eigenvalue weighted by Gasteiger charge is 2.52. The highest BCUT2D eigenvalue weighted by atomic mass is 32.1. The molecule has 1 fully saturated rings. The van der Waals surface area contributed by atoms with Gasteiger partial charge in [0.25, 0.3) is 0 Å². The minimum Gasteiger partial charge on any atom is -0.400 e. The van der Waals surface area contributed by atoms with Crippen LogP contribution in [0.2, 0.25) is 0 Å². The quantitative estimate of drug-likeness (QED) is 0.523. The fraction of sp³-hybridized carbons (Fsp3) is 0.438. The molecule has 0 aliphatic carbocycles. The summed E-state index contributed by atoms with van der Waals surface area (Å²) in [5.41, 5.74) is 0.728. The third kappa shape index (κ3) is 3.29. The van der Waals surface area contributed by atoms with Crippen LogP contribution in [0.15, 0.2) is 23.7 Å². The molecule has 0 atom stereocenters. The van der Waals surface area contributed by atoms with Crippen LogP contribution in [0.4, 0.5) is 4.39 Å². The summed E-state index contributed by atoms with van der Waals surface area (Å²) in [7, 11) is -0.565. The molecule has 1 aromatic rings. The Kier molecular flexibility index (Phi) is 4.85. The van der Waals surface area contributed by atoms with Gasteiger partial charge in [0.1, 0.15) is 5.82 Å². The van der Waals surface area contributed by atoms with E-state index in [1.54, 1.807) is 6.08 Å². The molecule has 0 saturated carbocycles. The van der Waals surface area contributed by atoms with Gasteiger partial charge in [-0.15, -0.1) is 0 Å². The number of hydrogen-bond donors (Lipinski definition) is 1. The third-order valence-electron chi connectivity index (χ3n) is 4.26. The molecule has 0 bridgehead atoms. The van der Waals surface area contributed by atoms with Gasteiger partial charge in [-0.05, 0) is 56.9 Å². The molecule has 1 aromatic carbocycles. The van der Waals surface area contributed by atoms with Crippen LogP contribution in [0, 0.1) is 5.82 Å². The van der Waals surface area contributed by atoms with E-state index in [-0.39, 0.29) is 0 Å². The predicted octanol–water partition coefficient (Wildman–Crippen LogP) is 3.58. The maximum Gasteiger partial charge on any atom is 0.491 e. The molecular formula is C16H20BFO3S. The minimum atomic E-state index is -0.565. The number of carbonyl (C=O) groups excluding carboxylic acids is 1. The summed E-state index contributed by atoms with van der Waals surface area (Å²) in [5.74, 6) is -0.0182. The molecule has 0 aromatic heterocycles. The van der Waals surface area contributed by atoms with Gasteiger partial charge in [-0.1, -0.05) is 6.08 Å².